The van der Waals surface area contributed by atoms with Gasteiger partial charge in [-0.2, -0.15) is 0 Å². The normalized spacial score (nSPS) is 15.1. The molecule has 0 atom stereocenters. The molecule has 114 valence electrons. The number of rotatable bonds is 3. The third-order valence-corrected chi connectivity index (χ3v) is 3.36. The minimum atomic E-state index is -0.924. The molecule has 0 aromatic heterocycles. The number of benzene rings is 2. The zero-order chi connectivity index (χ0) is 16.4. The summed E-state index contributed by atoms with van der Waals surface area (Å²) in [6.07, 6.45) is 0. The Morgan fingerprint density at radius 1 is 1.00 bits per heavy atom. The first-order valence-corrected chi connectivity index (χ1v) is 6.93. The van der Waals surface area contributed by atoms with Crippen LogP contribution in [-0.2, 0) is 14.3 Å². The Hall–Kier alpha value is -3.08. The molecule has 3 rings (SSSR count). The van der Waals surface area contributed by atoms with E-state index in [0.717, 1.165) is 0 Å². The summed E-state index contributed by atoms with van der Waals surface area (Å²) in [5, 5.41) is 0. The van der Waals surface area contributed by atoms with Crippen molar-refractivity contribution in [3.8, 4) is 0 Å². The van der Waals surface area contributed by atoms with Crippen LogP contribution in [0.4, 0.5) is 10.1 Å². The van der Waals surface area contributed by atoms with Crippen LogP contribution >= 0.6 is 0 Å². The minimum Gasteiger partial charge on any atom is -0.419 e. The number of halogens is 1. The quantitative estimate of drug-likeness (QED) is 0.496. The Labute approximate surface area is 131 Å². The zero-order valence-electron chi connectivity index (χ0n) is 12.2. The van der Waals surface area contributed by atoms with Crippen LogP contribution in [0.25, 0.3) is 5.76 Å². The van der Waals surface area contributed by atoms with Crippen molar-refractivity contribution in [1.29, 1.82) is 0 Å². The summed E-state index contributed by atoms with van der Waals surface area (Å²) in [7, 11) is 0. The van der Waals surface area contributed by atoms with E-state index >= 15 is 0 Å². The smallest absolute Gasteiger partial charge is 0.385 e. The number of ketones is 1. The summed E-state index contributed by atoms with van der Waals surface area (Å²) in [4.78, 5) is 28.0. The first-order valence-electron chi connectivity index (χ1n) is 6.93. The van der Waals surface area contributed by atoms with E-state index in [-0.39, 0.29) is 17.1 Å². The van der Waals surface area contributed by atoms with Gasteiger partial charge in [0, 0.05) is 5.56 Å². The maximum Gasteiger partial charge on any atom is 0.385 e. The third kappa shape index (κ3) is 2.94. The predicted octanol–water partition coefficient (Wildman–Crippen LogP) is 3.46. The van der Waals surface area contributed by atoms with Gasteiger partial charge in [0.2, 0.25) is 0 Å². The largest absolute Gasteiger partial charge is 0.419 e. The molecule has 0 fully saturated rings. The van der Waals surface area contributed by atoms with E-state index in [0.29, 0.717) is 17.0 Å². The van der Waals surface area contributed by atoms with Gasteiger partial charge in [-0.05, 0) is 31.2 Å². The lowest BCUT2D eigenvalue weighted by Crippen LogP contribution is -2.13. The first kappa shape index (κ1) is 14.8. The molecule has 1 aliphatic rings. The number of esters is 1. The molecule has 5 heteroatoms. The number of Topliss-reactive ketones (excluding diaryl/α,β-unsaturated/α-hetero) is 1. The van der Waals surface area contributed by atoms with Gasteiger partial charge < -0.3 is 4.74 Å². The average Bonchev–Trinajstić information content (AvgIpc) is 2.86. The standard InChI is InChI=1S/C18H12FNO3/c1-11(20-14-9-7-13(19)8-10-14)15-16(21)18(22)23-17(15)12-5-3-2-4-6-12/h2-10H,1H3. The fourth-order valence-corrected chi connectivity index (χ4v) is 2.28. The molecule has 0 saturated carbocycles. The summed E-state index contributed by atoms with van der Waals surface area (Å²) in [6.45, 7) is 1.61. The number of nitrogens with zero attached hydrogens (tertiary/aromatic N) is 1. The van der Waals surface area contributed by atoms with Crippen LogP contribution in [-0.4, -0.2) is 17.5 Å². The summed E-state index contributed by atoms with van der Waals surface area (Å²) in [6, 6.07) is 14.4. The minimum absolute atomic E-state index is 0.130. The lowest BCUT2D eigenvalue weighted by atomic mass is 10.0. The van der Waals surface area contributed by atoms with Gasteiger partial charge in [-0.25, -0.2) is 9.18 Å². The highest BCUT2D eigenvalue weighted by molar-refractivity contribution is 6.53. The van der Waals surface area contributed by atoms with Crippen LogP contribution in [0.2, 0.25) is 0 Å². The van der Waals surface area contributed by atoms with Gasteiger partial charge in [-0.3, -0.25) is 9.79 Å². The van der Waals surface area contributed by atoms with E-state index in [1.54, 1.807) is 31.2 Å². The zero-order valence-corrected chi connectivity index (χ0v) is 12.2. The van der Waals surface area contributed by atoms with Crippen molar-refractivity contribution >= 4 is 28.9 Å². The van der Waals surface area contributed by atoms with Gasteiger partial charge in [0.1, 0.15) is 5.82 Å². The molecule has 2 aromatic rings. The molecule has 2 aromatic carbocycles. The van der Waals surface area contributed by atoms with Gasteiger partial charge in [0.05, 0.1) is 17.0 Å². The Morgan fingerprint density at radius 3 is 2.30 bits per heavy atom. The van der Waals surface area contributed by atoms with Crippen molar-refractivity contribution in [3.63, 3.8) is 0 Å². The van der Waals surface area contributed by atoms with E-state index in [1.165, 1.54) is 24.3 Å². The highest BCUT2D eigenvalue weighted by atomic mass is 19.1. The molecule has 1 heterocycles. The number of carbonyl (C=O) groups is 2. The highest BCUT2D eigenvalue weighted by Crippen LogP contribution is 2.29. The summed E-state index contributed by atoms with van der Waals surface area (Å²) in [5.41, 5.74) is 1.57. The molecule has 0 N–H and O–H groups in total. The second-order valence-corrected chi connectivity index (χ2v) is 4.96. The van der Waals surface area contributed by atoms with E-state index in [9.17, 15) is 14.0 Å². The van der Waals surface area contributed by atoms with E-state index < -0.39 is 11.8 Å². The Balaban J connectivity index is 2.07. The third-order valence-electron chi connectivity index (χ3n) is 3.36. The first-order chi connectivity index (χ1) is 11.1. The summed E-state index contributed by atoms with van der Waals surface area (Å²) in [5.74, 6) is -1.83. The van der Waals surface area contributed by atoms with Crippen molar-refractivity contribution < 1.29 is 18.7 Å². The fraction of sp³-hybridized carbons (Fsp3) is 0.0556. The number of hydrogen-bond acceptors (Lipinski definition) is 4. The molecule has 23 heavy (non-hydrogen) atoms. The Morgan fingerprint density at radius 2 is 1.65 bits per heavy atom. The Kier molecular flexibility index (Phi) is 3.85. The van der Waals surface area contributed by atoms with Crippen LogP contribution in [0.3, 0.4) is 0 Å². The van der Waals surface area contributed by atoms with Crippen LogP contribution in [0.1, 0.15) is 12.5 Å². The molecule has 0 unspecified atom stereocenters. The van der Waals surface area contributed by atoms with Crippen molar-refractivity contribution in [2.75, 3.05) is 0 Å². The van der Waals surface area contributed by atoms with Crippen molar-refractivity contribution in [2.24, 2.45) is 4.99 Å². The lowest BCUT2D eigenvalue weighted by molar-refractivity contribution is -0.144. The molecular formula is C18H12FNO3. The highest BCUT2D eigenvalue weighted by Gasteiger charge is 2.36. The predicted molar refractivity (Wildman–Crippen MR) is 83.6 cm³/mol. The maximum atomic E-state index is 12.9. The van der Waals surface area contributed by atoms with Crippen molar-refractivity contribution in [3.05, 3.63) is 71.6 Å². The van der Waals surface area contributed by atoms with Crippen LogP contribution < -0.4 is 0 Å². The van der Waals surface area contributed by atoms with Crippen LogP contribution in [0, 0.1) is 5.82 Å². The van der Waals surface area contributed by atoms with Gasteiger partial charge >= 0.3 is 5.97 Å². The lowest BCUT2D eigenvalue weighted by Gasteiger charge is -2.04. The van der Waals surface area contributed by atoms with Gasteiger partial charge in [-0.15, -0.1) is 0 Å². The van der Waals surface area contributed by atoms with E-state index in [1.807, 2.05) is 6.07 Å². The molecule has 1 aliphatic heterocycles. The van der Waals surface area contributed by atoms with Crippen molar-refractivity contribution in [1.82, 2.24) is 0 Å². The molecule has 0 spiro atoms. The average molecular weight is 309 g/mol. The SMILES string of the molecule is CC(=Nc1ccc(F)cc1)C1=C(c2ccccc2)OC(=O)C1=O. The number of aliphatic imine (C=N–C) groups is 1. The molecule has 0 aliphatic carbocycles. The van der Waals surface area contributed by atoms with Gasteiger partial charge in [0.25, 0.3) is 5.78 Å². The second kappa shape index (κ2) is 5.96. The molecule has 0 bridgehead atoms. The van der Waals surface area contributed by atoms with Gasteiger partial charge in [-0.1, -0.05) is 30.3 Å². The Bertz CT molecular complexity index is 836. The molecule has 0 radical (unpaired) electrons. The summed E-state index contributed by atoms with van der Waals surface area (Å²) >= 11 is 0. The number of ether oxygens (including phenoxy) is 1. The molecule has 0 saturated heterocycles. The van der Waals surface area contributed by atoms with E-state index in [2.05, 4.69) is 4.99 Å². The van der Waals surface area contributed by atoms with Crippen molar-refractivity contribution in [2.45, 2.75) is 6.92 Å². The topological polar surface area (TPSA) is 55.7 Å². The maximum absolute atomic E-state index is 12.9. The van der Waals surface area contributed by atoms with E-state index in [4.69, 9.17) is 4.74 Å². The van der Waals surface area contributed by atoms with Crippen LogP contribution in [0.5, 0.6) is 0 Å². The molecular weight excluding hydrogens is 297 g/mol. The molecule has 0 amide bonds. The number of hydrogen-bond donors (Lipinski definition) is 0. The van der Waals surface area contributed by atoms with Crippen LogP contribution in [0.15, 0.2) is 65.2 Å². The number of carbonyl (C=O) groups excluding carboxylic acids is 2. The second-order valence-electron chi connectivity index (χ2n) is 4.96. The van der Waals surface area contributed by atoms with Gasteiger partial charge in [0.15, 0.2) is 5.76 Å². The summed E-state index contributed by atoms with van der Waals surface area (Å²) < 4.78 is 18.0. The molecule has 4 nitrogen and oxygen atoms in total. The fourth-order valence-electron chi connectivity index (χ4n) is 2.28. The number of cyclic esters (lactones) is 1. The monoisotopic (exact) mass is 309 g/mol.